The van der Waals surface area contributed by atoms with Crippen molar-refractivity contribution in [3.63, 3.8) is 0 Å². The fourth-order valence-corrected chi connectivity index (χ4v) is 5.32. The molecule has 1 unspecified atom stereocenters. The maximum atomic E-state index is 11.4. The molecule has 2 aliphatic heterocycles. The minimum absolute atomic E-state index is 0. The molecule has 2 saturated heterocycles. The summed E-state index contributed by atoms with van der Waals surface area (Å²) in [4.78, 5) is 19.1. The molecule has 0 aromatic carbocycles. The Morgan fingerprint density at radius 1 is 1.30 bits per heavy atom. The van der Waals surface area contributed by atoms with Crippen molar-refractivity contribution in [1.82, 2.24) is 20.9 Å². The predicted molar refractivity (Wildman–Crippen MR) is 125 cm³/mol. The smallest absolute Gasteiger partial charge is 0.220 e. The molecule has 6 nitrogen and oxygen atoms in total. The molecule has 0 aromatic heterocycles. The Morgan fingerprint density at radius 3 is 2.67 bits per heavy atom. The van der Waals surface area contributed by atoms with Crippen LogP contribution in [0, 0.1) is 0 Å². The summed E-state index contributed by atoms with van der Waals surface area (Å²) in [6, 6.07) is 0.277. The SMILES string of the molecule is CCNC(=NCC1(N2CCSCC2)CCCCC1)NC1CCC(=O)NC1.I. The summed E-state index contributed by atoms with van der Waals surface area (Å²) in [7, 11) is 0. The van der Waals surface area contributed by atoms with Gasteiger partial charge in [0.2, 0.25) is 5.91 Å². The number of aliphatic imine (C=N–C) groups is 1. The topological polar surface area (TPSA) is 68.8 Å². The Bertz CT molecular complexity index is 482. The van der Waals surface area contributed by atoms with Gasteiger partial charge >= 0.3 is 0 Å². The molecule has 8 heteroatoms. The van der Waals surface area contributed by atoms with Gasteiger partial charge in [-0.05, 0) is 26.2 Å². The van der Waals surface area contributed by atoms with Crippen molar-refractivity contribution >= 4 is 47.6 Å². The summed E-state index contributed by atoms with van der Waals surface area (Å²) in [5, 5.41) is 9.89. The van der Waals surface area contributed by atoms with Gasteiger partial charge in [-0.3, -0.25) is 14.7 Å². The molecule has 3 aliphatic rings. The number of halogens is 1. The highest BCUT2D eigenvalue weighted by atomic mass is 127. The molecule has 3 N–H and O–H groups in total. The third kappa shape index (κ3) is 6.66. The minimum atomic E-state index is 0. The van der Waals surface area contributed by atoms with E-state index in [9.17, 15) is 4.79 Å². The average Bonchev–Trinajstić information content (AvgIpc) is 2.69. The van der Waals surface area contributed by atoms with Gasteiger partial charge in [0.15, 0.2) is 5.96 Å². The number of thioether (sulfide) groups is 1. The highest BCUT2D eigenvalue weighted by Crippen LogP contribution is 2.35. The molecular weight excluding hydrogens is 473 g/mol. The van der Waals surface area contributed by atoms with Crippen LogP contribution in [-0.2, 0) is 4.79 Å². The molecule has 1 aliphatic carbocycles. The number of rotatable bonds is 5. The Hall–Kier alpha value is -0.220. The Balaban J connectivity index is 0.00000261. The van der Waals surface area contributed by atoms with E-state index in [1.54, 1.807) is 0 Å². The fourth-order valence-electron chi connectivity index (χ4n) is 4.42. The van der Waals surface area contributed by atoms with Crippen LogP contribution in [0.3, 0.4) is 0 Å². The Morgan fingerprint density at radius 2 is 2.04 bits per heavy atom. The van der Waals surface area contributed by atoms with Crippen LogP contribution in [0.25, 0.3) is 0 Å². The van der Waals surface area contributed by atoms with Crippen molar-refractivity contribution in [1.29, 1.82) is 0 Å². The fraction of sp³-hybridized carbons (Fsp3) is 0.895. The van der Waals surface area contributed by atoms with Crippen molar-refractivity contribution < 1.29 is 4.79 Å². The summed E-state index contributed by atoms with van der Waals surface area (Å²) < 4.78 is 0. The number of guanidine groups is 1. The van der Waals surface area contributed by atoms with Crippen molar-refractivity contribution in [3.05, 3.63) is 0 Å². The van der Waals surface area contributed by atoms with Crippen molar-refractivity contribution in [2.24, 2.45) is 4.99 Å². The van der Waals surface area contributed by atoms with Gasteiger partial charge in [0.25, 0.3) is 0 Å². The monoisotopic (exact) mass is 509 g/mol. The standard InChI is InChI=1S/C19H35N5OS.HI/c1-2-20-18(23-16-6-7-17(25)21-14-16)22-15-19(8-4-3-5-9-19)24-10-12-26-13-11-24;/h16H,2-15H2,1H3,(H,21,25)(H2,20,22,23);1H. The second kappa shape index (κ2) is 11.7. The molecule has 2 heterocycles. The van der Waals surface area contributed by atoms with E-state index in [1.807, 2.05) is 0 Å². The quantitative estimate of drug-likeness (QED) is 0.301. The van der Waals surface area contributed by atoms with E-state index in [1.165, 1.54) is 56.7 Å². The van der Waals surface area contributed by atoms with Gasteiger partial charge in [0, 0.05) is 55.7 Å². The van der Waals surface area contributed by atoms with Crippen LogP contribution >= 0.6 is 35.7 Å². The number of hydrogen-bond donors (Lipinski definition) is 3. The van der Waals surface area contributed by atoms with Gasteiger partial charge in [-0.15, -0.1) is 24.0 Å². The molecule has 3 fully saturated rings. The number of piperidine rings is 1. The van der Waals surface area contributed by atoms with Crippen LogP contribution in [0.4, 0.5) is 0 Å². The van der Waals surface area contributed by atoms with E-state index in [0.717, 1.165) is 25.5 Å². The van der Waals surface area contributed by atoms with E-state index in [2.05, 4.69) is 39.5 Å². The first kappa shape index (κ1) is 23.1. The number of carbonyl (C=O) groups is 1. The third-order valence-corrected chi connectivity index (χ3v) is 6.89. The number of carbonyl (C=O) groups excluding carboxylic acids is 1. The van der Waals surface area contributed by atoms with E-state index in [4.69, 9.17) is 4.99 Å². The zero-order valence-electron chi connectivity index (χ0n) is 16.6. The summed E-state index contributed by atoms with van der Waals surface area (Å²) in [6.07, 6.45) is 8.07. The lowest BCUT2D eigenvalue weighted by molar-refractivity contribution is -0.122. The molecule has 1 atom stereocenters. The number of nitrogens with zero attached hydrogens (tertiary/aromatic N) is 2. The largest absolute Gasteiger partial charge is 0.357 e. The molecule has 27 heavy (non-hydrogen) atoms. The molecule has 3 rings (SSSR count). The highest BCUT2D eigenvalue weighted by Gasteiger charge is 2.38. The zero-order valence-corrected chi connectivity index (χ0v) is 19.7. The lowest BCUT2D eigenvalue weighted by atomic mass is 9.80. The molecule has 1 amide bonds. The first-order valence-corrected chi connectivity index (χ1v) is 11.5. The van der Waals surface area contributed by atoms with Gasteiger partial charge in [-0.2, -0.15) is 11.8 Å². The van der Waals surface area contributed by atoms with Crippen LogP contribution in [0.5, 0.6) is 0 Å². The van der Waals surface area contributed by atoms with Crippen LogP contribution < -0.4 is 16.0 Å². The molecule has 1 saturated carbocycles. The minimum Gasteiger partial charge on any atom is -0.357 e. The van der Waals surface area contributed by atoms with E-state index in [-0.39, 0.29) is 41.5 Å². The number of hydrogen-bond acceptors (Lipinski definition) is 4. The van der Waals surface area contributed by atoms with Gasteiger partial charge in [-0.1, -0.05) is 19.3 Å². The summed E-state index contributed by atoms with van der Waals surface area (Å²) in [5.41, 5.74) is 0.252. The maximum Gasteiger partial charge on any atom is 0.220 e. The van der Waals surface area contributed by atoms with E-state index in [0.29, 0.717) is 13.0 Å². The lowest BCUT2D eigenvalue weighted by Crippen LogP contribution is -2.56. The van der Waals surface area contributed by atoms with E-state index < -0.39 is 0 Å². The maximum absolute atomic E-state index is 11.4. The normalized spacial score (nSPS) is 26.6. The zero-order chi connectivity index (χ0) is 18.2. The van der Waals surface area contributed by atoms with Crippen LogP contribution in [-0.4, -0.2) is 72.6 Å². The second-order valence-corrected chi connectivity index (χ2v) is 8.99. The summed E-state index contributed by atoms with van der Waals surface area (Å²) in [5.74, 6) is 3.58. The Labute approximate surface area is 185 Å². The van der Waals surface area contributed by atoms with Gasteiger partial charge in [-0.25, -0.2) is 0 Å². The van der Waals surface area contributed by atoms with Crippen LogP contribution in [0.2, 0.25) is 0 Å². The molecule has 156 valence electrons. The first-order chi connectivity index (χ1) is 12.7. The third-order valence-electron chi connectivity index (χ3n) is 5.95. The lowest BCUT2D eigenvalue weighted by Gasteiger charge is -2.47. The summed E-state index contributed by atoms with van der Waals surface area (Å²) in [6.45, 7) is 6.96. The molecular formula is C19H36IN5OS. The molecule has 0 aromatic rings. The first-order valence-electron chi connectivity index (χ1n) is 10.4. The number of amides is 1. The van der Waals surface area contributed by atoms with Crippen LogP contribution in [0.1, 0.15) is 51.9 Å². The summed E-state index contributed by atoms with van der Waals surface area (Å²) >= 11 is 2.08. The average molecular weight is 510 g/mol. The highest BCUT2D eigenvalue weighted by molar-refractivity contribution is 14.0. The molecule has 0 radical (unpaired) electrons. The molecule has 0 spiro atoms. The van der Waals surface area contributed by atoms with Crippen molar-refractivity contribution in [2.45, 2.75) is 63.5 Å². The Kier molecular flexibility index (Phi) is 10.00. The number of nitrogens with one attached hydrogen (secondary N) is 3. The van der Waals surface area contributed by atoms with Crippen molar-refractivity contribution in [3.8, 4) is 0 Å². The van der Waals surface area contributed by atoms with Gasteiger partial charge in [0.05, 0.1) is 6.54 Å². The molecule has 0 bridgehead atoms. The van der Waals surface area contributed by atoms with E-state index >= 15 is 0 Å². The van der Waals surface area contributed by atoms with Crippen LogP contribution in [0.15, 0.2) is 4.99 Å². The predicted octanol–water partition coefficient (Wildman–Crippen LogP) is 2.19. The van der Waals surface area contributed by atoms with Gasteiger partial charge in [0.1, 0.15) is 0 Å². The van der Waals surface area contributed by atoms with Crippen molar-refractivity contribution in [2.75, 3.05) is 44.2 Å². The van der Waals surface area contributed by atoms with Gasteiger partial charge < -0.3 is 16.0 Å². The second-order valence-electron chi connectivity index (χ2n) is 7.76.